The van der Waals surface area contributed by atoms with Gasteiger partial charge >= 0.3 is 0 Å². The van der Waals surface area contributed by atoms with Crippen molar-refractivity contribution in [2.24, 2.45) is 0 Å². The molecule has 0 amide bonds. The Morgan fingerprint density at radius 3 is 2.67 bits per heavy atom. The van der Waals surface area contributed by atoms with Gasteiger partial charge in [-0.3, -0.25) is 4.79 Å². The van der Waals surface area contributed by atoms with Crippen molar-refractivity contribution in [2.45, 2.75) is 27.2 Å². The molecule has 5 heteroatoms. The number of ether oxygens (including phenoxy) is 1. The highest BCUT2D eigenvalue weighted by Gasteiger charge is 2.16. The molecule has 3 aromatic rings. The number of aromatic nitrogens is 2. The Balaban J connectivity index is 1.81. The van der Waals surface area contributed by atoms with Crippen molar-refractivity contribution in [3.05, 3.63) is 57.8 Å². The van der Waals surface area contributed by atoms with Gasteiger partial charge in [0.2, 0.25) is 0 Å². The van der Waals surface area contributed by atoms with E-state index < -0.39 is 0 Å². The summed E-state index contributed by atoms with van der Waals surface area (Å²) in [6.07, 6.45) is 0.863. The summed E-state index contributed by atoms with van der Waals surface area (Å²) in [5.74, 6) is 0.481. The second-order valence-corrected chi connectivity index (χ2v) is 6.49. The largest absolute Gasteiger partial charge is 0.482 e. The van der Waals surface area contributed by atoms with Crippen molar-refractivity contribution >= 4 is 32.6 Å². The van der Waals surface area contributed by atoms with Crippen LogP contribution >= 0.6 is 15.9 Å². The van der Waals surface area contributed by atoms with Crippen LogP contribution in [0.3, 0.4) is 0 Å². The first-order chi connectivity index (χ1) is 11.5. The lowest BCUT2D eigenvalue weighted by molar-refractivity contribution is 0.0817. The summed E-state index contributed by atoms with van der Waals surface area (Å²) in [7, 11) is 0. The first kappa shape index (κ1) is 16.7. The third-order valence-corrected chi connectivity index (χ3v) is 5.03. The van der Waals surface area contributed by atoms with E-state index in [0.717, 1.165) is 38.6 Å². The van der Waals surface area contributed by atoms with E-state index in [4.69, 9.17) is 4.74 Å². The quantitative estimate of drug-likeness (QED) is 0.652. The van der Waals surface area contributed by atoms with Crippen LogP contribution in [-0.4, -0.2) is 22.3 Å². The van der Waals surface area contributed by atoms with Gasteiger partial charge in [-0.2, -0.15) is 5.10 Å². The number of hydrogen-bond donors (Lipinski definition) is 0. The Hall–Kier alpha value is -2.14. The molecule has 0 saturated heterocycles. The lowest BCUT2D eigenvalue weighted by Crippen LogP contribution is -2.22. The Morgan fingerprint density at radius 1 is 1.21 bits per heavy atom. The van der Waals surface area contributed by atoms with Gasteiger partial charge in [-0.15, -0.1) is 0 Å². The smallest absolute Gasteiger partial charge is 0.284 e. The fraction of sp³-hybridized carbons (Fsp3) is 0.263. The zero-order valence-electron chi connectivity index (χ0n) is 14.0. The van der Waals surface area contributed by atoms with Gasteiger partial charge in [-0.05, 0) is 58.6 Å². The van der Waals surface area contributed by atoms with E-state index in [9.17, 15) is 4.79 Å². The molecule has 24 heavy (non-hydrogen) atoms. The third kappa shape index (κ3) is 2.96. The summed E-state index contributed by atoms with van der Waals surface area (Å²) in [6.45, 7) is 5.86. The predicted molar refractivity (Wildman–Crippen MR) is 98.8 cm³/mol. The number of hydrogen-bond acceptors (Lipinski definition) is 3. The van der Waals surface area contributed by atoms with Crippen LogP contribution < -0.4 is 4.74 Å². The molecule has 0 radical (unpaired) electrons. The van der Waals surface area contributed by atoms with Crippen molar-refractivity contribution in [1.29, 1.82) is 0 Å². The topological polar surface area (TPSA) is 44.1 Å². The maximum Gasteiger partial charge on any atom is 0.284 e. The van der Waals surface area contributed by atoms with Gasteiger partial charge in [0.25, 0.3) is 5.91 Å². The molecular weight excluding hydrogens is 368 g/mol. The zero-order chi connectivity index (χ0) is 17.3. The number of aryl methyl sites for hydroxylation is 1. The van der Waals surface area contributed by atoms with Crippen LogP contribution in [0.1, 0.15) is 28.7 Å². The van der Waals surface area contributed by atoms with Crippen LogP contribution in [0.25, 0.3) is 10.8 Å². The molecule has 0 fully saturated rings. The minimum absolute atomic E-state index is 0.0535. The van der Waals surface area contributed by atoms with Crippen LogP contribution in [0.4, 0.5) is 0 Å². The minimum atomic E-state index is -0.171. The molecule has 0 saturated carbocycles. The summed E-state index contributed by atoms with van der Waals surface area (Å²) in [4.78, 5) is 12.5. The van der Waals surface area contributed by atoms with Crippen molar-refractivity contribution in [3.8, 4) is 5.75 Å². The number of rotatable bonds is 4. The summed E-state index contributed by atoms with van der Waals surface area (Å²) >= 11 is 3.57. The molecule has 1 aromatic heterocycles. The van der Waals surface area contributed by atoms with E-state index in [1.165, 1.54) is 4.68 Å². The van der Waals surface area contributed by atoms with E-state index in [-0.39, 0.29) is 12.5 Å². The van der Waals surface area contributed by atoms with E-state index >= 15 is 0 Å². The Kier molecular flexibility index (Phi) is 4.71. The molecule has 2 aromatic carbocycles. The molecule has 4 nitrogen and oxygen atoms in total. The molecule has 124 valence electrons. The van der Waals surface area contributed by atoms with Crippen molar-refractivity contribution in [3.63, 3.8) is 0 Å². The molecule has 1 heterocycles. The molecule has 0 aliphatic carbocycles. The molecule has 3 rings (SSSR count). The monoisotopic (exact) mass is 386 g/mol. The average molecular weight is 387 g/mol. The third-order valence-electron chi connectivity index (χ3n) is 4.21. The number of fused-ring (bicyclic) bond motifs is 1. The lowest BCUT2D eigenvalue weighted by Gasteiger charge is -2.10. The normalized spacial score (nSPS) is 11.0. The maximum atomic E-state index is 12.5. The predicted octanol–water partition coefficient (Wildman–Crippen LogP) is 4.70. The summed E-state index contributed by atoms with van der Waals surface area (Å²) in [5, 5.41) is 6.52. The minimum Gasteiger partial charge on any atom is -0.482 e. The average Bonchev–Trinajstić information content (AvgIpc) is 2.88. The zero-order valence-corrected chi connectivity index (χ0v) is 15.6. The summed E-state index contributed by atoms with van der Waals surface area (Å²) in [6, 6.07) is 11.9. The van der Waals surface area contributed by atoms with E-state index in [2.05, 4.69) is 28.0 Å². The maximum absolute atomic E-state index is 12.5. The van der Waals surface area contributed by atoms with Gasteiger partial charge < -0.3 is 4.74 Å². The highest BCUT2D eigenvalue weighted by Crippen LogP contribution is 2.33. The van der Waals surface area contributed by atoms with Crippen LogP contribution in [0.2, 0.25) is 0 Å². The standard InChI is InChI=1S/C19H19BrN2O2/c1-4-15-12(2)21-22(13(15)3)18(23)11-24-17-10-9-14-7-5-6-8-16(14)19(17)20/h5-10H,4,11H2,1-3H3. The van der Waals surface area contributed by atoms with Crippen molar-refractivity contribution in [1.82, 2.24) is 9.78 Å². The second kappa shape index (κ2) is 6.77. The first-order valence-corrected chi connectivity index (χ1v) is 8.70. The molecule has 0 bridgehead atoms. The van der Waals surface area contributed by atoms with Crippen LogP contribution in [0.15, 0.2) is 40.9 Å². The van der Waals surface area contributed by atoms with Gasteiger partial charge in [0.15, 0.2) is 6.61 Å². The number of carbonyl (C=O) groups excluding carboxylic acids is 1. The highest BCUT2D eigenvalue weighted by molar-refractivity contribution is 9.10. The van der Waals surface area contributed by atoms with Crippen molar-refractivity contribution in [2.75, 3.05) is 6.61 Å². The molecule has 0 atom stereocenters. The number of benzene rings is 2. The SMILES string of the molecule is CCc1c(C)nn(C(=O)COc2ccc3ccccc3c2Br)c1C. The Labute approximate surface area is 149 Å². The van der Waals surface area contributed by atoms with Crippen LogP contribution in [0, 0.1) is 13.8 Å². The first-order valence-electron chi connectivity index (χ1n) is 7.91. The van der Waals surface area contributed by atoms with Gasteiger partial charge in [-0.1, -0.05) is 37.3 Å². The summed E-state index contributed by atoms with van der Waals surface area (Å²) < 4.78 is 8.05. The van der Waals surface area contributed by atoms with Crippen LogP contribution in [0.5, 0.6) is 5.75 Å². The Morgan fingerprint density at radius 2 is 1.96 bits per heavy atom. The molecule has 0 unspecified atom stereocenters. The van der Waals surface area contributed by atoms with E-state index in [1.54, 1.807) is 0 Å². The Bertz CT molecular complexity index is 915. The number of halogens is 1. The summed E-state index contributed by atoms with van der Waals surface area (Å²) in [5.41, 5.74) is 2.91. The van der Waals surface area contributed by atoms with Gasteiger partial charge in [0, 0.05) is 5.69 Å². The highest BCUT2D eigenvalue weighted by atomic mass is 79.9. The second-order valence-electron chi connectivity index (χ2n) is 5.70. The van der Waals surface area contributed by atoms with Gasteiger partial charge in [-0.25, -0.2) is 4.68 Å². The van der Waals surface area contributed by atoms with Gasteiger partial charge in [0.1, 0.15) is 5.75 Å². The van der Waals surface area contributed by atoms with Gasteiger partial charge in [0.05, 0.1) is 10.2 Å². The molecule has 0 aliphatic heterocycles. The molecular formula is C19H19BrN2O2. The number of nitrogens with zero attached hydrogens (tertiary/aromatic N) is 2. The number of carbonyl (C=O) groups is 1. The lowest BCUT2D eigenvalue weighted by atomic mass is 10.1. The van der Waals surface area contributed by atoms with Crippen LogP contribution in [-0.2, 0) is 6.42 Å². The molecule has 0 aliphatic rings. The fourth-order valence-corrected chi connectivity index (χ4v) is 3.56. The molecule has 0 spiro atoms. The fourth-order valence-electron chi connectivity index (χ4n) is 2.96. The van der Waals surface area contributed by atoms with Crippen molar-refractivity contribution < 1.29 is 9.53 Å². The van der Waals surface area contributed by atoms with E-state index in [0.29, 0.717) is 5.75 Å². The molecule has 0 N–H and O–H groups in total. The van der Waals surface area contributed by atoms with E-state index in [1.807, 2.05) is 50.2 Å².